The predicted octanol–water partition coefficient (Wildman–Crippen LogP) is 1.80. The van der Waals surface area contributed by atoms with Crippen LogP contribution in [-0.2, 0) is 9.53 Å². The zero-order chi connectivity index (χ0) is 25.8. The van der Waals surface area contributed by atoms with E-state index in [2.05, 4.69) is 30.9 Å². The smallest absolute Gasteiger partial charge is 0.318 e. The number of hydrogen-bond acceptors (Lipinski definition) is 9. The van der Waals surface area contributed by atoms with Crippen molar-refractivity contribution in [2.45, 2.75) is 18.8 Å². The van der Waals surface area contributed by atoms with Crippen molar-refractivity contribution in [1.82, 2.24) is 30.7 Å². The molecule has 1 aromatic carbocycles. The van der Waals surface area contributed by atoms with Crippen molar-refractivity contribution < 1.29 is 18.8 Å². The first-order valence-corrected chi connectivity index (χ1v) is 12.6. The molecule has 0 bridgehead atoms. The zero-order valence-electron chi connectivity index (χ0n) is 21.1. The molecule has 196 valence electrons. The molecule has 0 spiro atoms. The number of carbonyl (C=O) groups is 2. The molecule has 2 aliphatic heterocycles. The molecule has 0 aliphatic carbocycles. The summed E-state index contributed by atoms with van der Waals surface area (Å²) in [6.07, 6.45) is 1.73. The van der Waals surface area contributed by atoms with E-state index >= 15 is 0 Å². The monoisotopic (exact) mass is 508 g/mol. The molecule has 2 fully saturated rings. The number of likely N-dealkylation sites (N-methyl/N-ethyl adjacent to an activating group) is 1. The zero-order valence-corrected chi connectivity index (χ0v) is 21.1. The number of fused-ring (bicyclic) bond motifs is 1. The van der Waals surface area contributed by atoms with Crippen LogP contribution in [0.3, 0.4) is 0 Å². The molecular weight excluding hydrogens is 476 g/mol. The van der Waals surface area contributed by atoms with Gasteiger partial charge in [-0.05, 0) is 50.2 Å². The van der Waals surface area contributed by atoms with Crippen LogP contribution in [0.5, 0.6) is 0 Å². The van der Waals surface area contributed by atoms with Crippen molar-refractivity contribution in [1.29, 1.82) is 0 Å². The summed E-state index contributed by atoms with van der Waals surface area (Å²) < 4.78 is 11.4. The van der Waals surface area contributed by atoms with Gasteiger partial charge in [-0.15, -0.1) is 0 Å². The van der Waals surface area contributed by atoms with Gasteiger partial charge in [0.05, 0.1) is 19.8 Å². The molecule has 2 aromatic heterocycles. The number of nitrogens with zero attached hydrogens (tertiary/aromatic N) is 5. The maximum absolute atomic E-state index is 11.8. The van der Waals surface area contributed by atoms with E-state index in [4.69, 9.17) is 19.2 Å². The van der Waals surface area contributed by atoms with Gasteiger partial charge in [-0.3, -0.25) is 9.69 Å². The molecule has 12 nitrogen and oxygen atoms in total. The number of piperidine rings is 1. The molecule has 2 aliphatic rings. The Morgan fingerprint density at radius 1 is 1.00 bits per heavy atom. The van der Waals surface area contributed by atoms with Crippen LogP contribution in [0.4, 0.5) is 16.3 Å². The van der Waals surface area contributed by atoms with Crippen LogP contribution in [0.1, 0.15) is 24.5 Å². The van der Waals surface area contributed by atoms with Gasteiger partial charge < -0.3 is 30.1 Å². The van der Waals surface area contributed by atoms with Crippen molar-refractivity contribution >= 4 is 34.5 Å². The lowest BCUT2D eigenvalue weighted by Gasteiger charge is -2.30. The molecule has 2 saturated heterocycles. The SMILES string of the molecule is CNC(=O)CN1CCC(c2noc3c(N4CCOCC4)nc(-c4ccc(NC(=O)NC)cc4)nc23)CC1. The lowest BCUT2D eigenvalue weighted by Crippen LogP contribution is -2.40. The van der Waals surface area contributed by atoms with E-state index in [1.165, 1.54) is 0 Å². The predicted molar refractivity (Wildman–Crippen MR) is 139 cm³/mol. The van der Waals surface area contributed by atoms with Crippen molar-refractivity contribution in [3.63, 3.8) is 0 Å². The summed E-state index contributed by atoms with van der Waals surface area (Å²) in [5.41, 5.74) is 3.65. The van der Waals surface area contributed by atoms with E-state index in [9.17, 15) is 9.59 Å². The van der Waals surface area contributed by atoms with Gasteiger partial charge in [0.1, 0.15) is 11.2 Å². The number of ether oxygens (including phenoxy) is 1. The number of urea groups is 1. The highest BCUT2D eigenvalue weighted by atomic mass is 16.5. The summed E-state index contributed by atoms with van der Waals surface area (Å²) in [4.78, 5) is 37.5. The van der Waals surface area contributed by atoms with Crippen molar-refractivity contribution in [2.24, 2.45) is 0 Å². The highest BCUT2D eigenvalue weighted by Gasteiger charge is 2.29. The van der Waals surface area contributed by atoms with E-state index in [-0.39, 0.29) is 17.9 Å². The molecule has 3 N–H and O–H groups in total. The molecule has 4 heterocycles. The topological polar surface area (TPSA) is 138 Å². The fourth-order valence-electron chi connectivity index (χ4n) is 4.76. The van der Waals surface area contributed by atoms with Gasteiger partial charge in [-0.2, -0.15) is 0 Å². The van der Waals surface area contributed by atoms with Gasteiger partial charge in [0.25, 0.3) is 0 Å². The van der Waals surface area contributed by atoms with Gasteiger partial charge in [-0.25, -0.2) is 14.8 Å². The second-order valence-electron chi connectivity index (χ2n) is 9.22. The Balaban J connectivity index is 1.46. The lowest BCUT2D eigenvalue weighted by atomic mass is 9.93. The Labute approximate surface area is 214 Å². The average Bonchev–Trinajstić information content (AvgIpc) is 3.38. The van der Waals surface area contributed by atoms with E-state index in [0.717, 1.165) is 42.7 Å². The Bertz CT molecular complexity index is 1250. The van der Waals surface area contributed by atoms with Crippen LogP contribution in [0.15, 0.2) is 28.8 Å². The molecule has 0 saturated carbocycles. The Morgan fingerprint density at radius 2 is 1.73 bits per heavy atom. The number of morpholine rings is 1. The number of hydrogen-bond donors (Lipinski definition) is 3. The maximum Gasteiger partial charge on any atom is 0.318 e. The highest BCUT2D eigenvalue weighted by molar-refractivity contribution is 5.90. The van der Waals surface area contributed by atoms with E-state index < -0.39 is 0 Å². The molecule has 12 heteroatoms. The largest absolute Gasteiger partial charge is 0.378 e. The van der Waals surface area contributed by atoms with E-state index in [1.54, 1.807) is 14.1 Å². The van der Waals surface area contributed by atoms with Gasteiger partial charge in [-0.1, -0.05) is 5.16 Å². The second kappa shape index (κ2) is 11.1. The van der Waals surface area contributed by atoms with Gasteiger partial charge in [0, 0.05) is 44.4 Å². The normalized spacial score (nSPS) is 17.1. The molecule has 0 radical (unpaired) electrons. The quantitative estimate of drug-likeness (QED) is 0.455. The average molecular weight is 509 g/mol. The molecule has 3 amide bonds. The van der Waals surface area contributed by atoms with Crippen molar-refractivity contribution in [2.75, 3.05) is 70.2 Å². The van der Waals surface area contributed by atoms with E-state index in [0.29, 0.717) is 55.8 Å². The minimum absolute atomic E-state index is 0.0226. The summed E-state index contributed by atoms with van der Waals surface area (Å²) in [6, 6.07) is 7.14. The number of nitrogens with one attached hydrogen (secondary N) is 3. The summed E-state index contributed by atoms with van der Waals surface area (Å²) in [5.74, 6) is 1.49. The van der Waals surface area contributed by atoms with Crippen LogP contribution in [-0.4, -0.2) is 92.0 Å². The lowest BCUT2D eigenvalue weighted by molar-refractivity contribution is -0.122. The number of rotatable bonds is 6. The summed E-state index contributed by atoms with van der Waals surface area (Å²) in [7, 11) is 3.23. The van der Waals surface area contributed by atoms with Crippen LogP contribution >= 0.6 is 0 Å². The Morgan fingerprint density at radius 3 is 2.41 bits per heavy atom. The number of likely N-dealkylation sites (tertiary alicyclic amines) is 1. The highest BCUT2D eigenvalue weighted by Crippen LogP contribution is 2.36. The first kappa shape index (κ1) is 24.9. The van der Waals surface area contributed by atoms with Crippen LogP contribution < -0.4 is 20.9 Å². The Kier molecular flexibility index (Phi) is 7.47. The molecular formula is C25H32N8O4. The first-order chi connectivity index (χ1) is 18.1. The van der Waals surface area contributed by atoms with E-state index in [1.807, 2.05) is 24.3 Å². The van der Waals surface area contributed by atoms with Crippen LogP contribution in [0.25, 0.3) is 22.5 Å². The fraction of sp³-hybridized carbons (Fsp3) is 0.480. The minimum Gasteiger partial charge on any atom is -0.378 e. The third kappa shape index (κ3) is 5.49. The third-order valence-electron chi connectivity index (χ3n) is 6.88. The van der Waals surface area contributed by atoms with Crippen molar-refractivity contribution in [3.8, 4) is 11.4 Å². The van der Waals surface area contributed by atoms with Crippen LogP contribution in [0, 0.1) is 0 Å². The number of carbonyl (C=O) groups excluding carboxylic acids is 2. The number of anilines is 2. The molecule has 0 unspecified atom stereocenters. The van der Waals surface area contributed by atoms with Crippen LogP contribution in [0.2, 0.25) is 0 Å². The molecule has 0 atom stereocenters. The third-order valence-corrected chi connectivity index (χ3v) is 6.88. The summed E-state index contributed by atoms with van der Waals surface area (Å²) in [5, 5.41) is 12.5. The van der Waals surface area contributed by atoms with Crippen molar-refractivity contribution in [3.05, 3.63) is 30.0 Å². The number of benzene rings is 1. The van der Waals surface area contributed by atoms with Gasteiger partial charge in [0.2, 0.25) is 11.5 Å². The molecule has 3 aromatic rings. The Hall–Kier alpha value is -3.77. The standard InChI is InChI=1S/C25H32N8O4/c1-26-19(34)15-32-9-7-16(8-10-32)20-21-22(37-31-20)24(33-11-13-36-14-12-33)30-23(29-21)17-3-5-18(6-4-17)28-25(35)27-2/h3-6,16H,7-15H2,1-2H3,(H,26,34)(H2,27,28,35). The maximum atomic E-state index is 11.8. The fourth-order valence-corrected chi connectivity index (χ4v) is 4.76. The van der Waals surface area contributed by atoms with Gasteiger partial charge >= 0.3 is 6.03 Å². The second-order valence-corrected chi connectivity index (χ2v) is 9.22. The van der Waals surface area contributed by atoms with Gasteiger partial charge in [0.15, 0.2) is 11.6 Å². The number of amides is 3. The molecule has 37 heavy (non-hydrogen) atoms. The minimum atomic E-state index is -0.282. The summed E-state index contributed by atoms with van der Waals surface area (Å²) in [6.45, 7) is 4.65. The first-order valence-electron chi connectivity index (χ1n) is 12.6. The molecule has 5 rings (SSSR count). The summed E-state index contributed by atoms with van der Waals surface area (Å²) >= 11 is 0. The number of aromatic nitrogens is 3.